The summed E-state index contributed by atoms with van der Waals surface area (Å²) in [6.07, 6.45) is 1.12. The number of fused-ring (bicyclic) bond motifs is 1. The molecule has 0 radical (unpaired) electrons. The van der Waals surface area contributed by atoms with Crippen molar-refractivity contribution in [3.05, 3.63) is 57.6 Å². The molecule has 3 aromatic rings. The molecule has 0 saturated carbocycles. The maximum absolute atomic E-state index is 14.0. The molecule has 5 rings (SSSR count). The molecule has 190 valence electrons. The number of H-pyrrole nitrogens is 1. The molecule has 0 bridgehead atoms. The van der Waals surface area contributed by atoms with Crippen LogP contribution in [0.15, 0.2) is 34.8 Å². The molecule has 0 unspecified atom stereocenters. The van der Waals surface area contributed by atoms with E-state index in [9.17, 15) is 18.4 Å². The number of likely N-dealkylation sites (tertiary alicyclic amines) is 1. The van der Waals surface area contributed by atoms with E-state index in [0.717, 1.165) is 30.5 Å². The minimum absolute atomic E-state index is 0.00966. The van der Waals surface area contributed by atoms with E-state index in [1.807, 2.05) is 4.90 Å². The summed E-state index contributed by atoms with van der Waals surface area (Å²) in [5.41, 5.74) is 1.72. The average molecular weight is 563 g/mol. The van der Waals surface area contributed by atoms with E-state index in [-0.39, 0.29) is 15.9 Å². The molecule has 2 aliphatic heterocycles. The Bertz CT molecular complexity index is 1250. The molecular weight excluding hydrogens is 538 g/mol. The van der Waals surface area contributed by atoms with Gasteiger partial charge in [0, 0.05) is 55.3 Å². The van der Waals surface area contributed by atoms with Crippen molar-refractivity contribution >= 4 is 39.0 Å². The molecule has 36 heavy (non-hydrogen) atoms. The Morgan fingerprint density at radius 2 is 1.61 bits per heavy atom. The first-order valence-corrected chi connectivity index (χ1v) is 12.6. The summed E-state index contributed by atoms with van der Waals surface area (Å²) in [5, 5.41) is 10.6. The third-order valence-corrected chi connectivity index (χ3v) is 7.31. The molecule has 2 amide bonds. The largest absolute Gasteiger partial charge is 0.444 e. The van der Waals surface area contributed by atoms with Crippen LogP contribution in [0.25, 0.3) is 11.0 Å². The van der Waals surface area contributed by atoms with E-state index < -0.39 is 24.3 Å². The predicted octanol–water partition coefficient (Wildman–Crippen LogP) is 3.56. The van der Waals surface area contributed by atoms with Crippen molar-refractivity contribution in [1.29, 1.82) is 0 Å². The van der Waals surface area contributed by atoms with Gasteiger partial charge in [-0.1, -0.05) is 15.9 Å². The maximum atomic E-state index is 14.0. The zero-order valence-corrected chi connectivity index (χ0v) is 21.0. The highest BCUT2D eigenvalue weighted by atomic mass is 79.9. The molecule has 2 aromatic carbocycles. The second-order valence-corrected chi connectivity index (χ2v) is 9.89. The van der Waals surface area contributed by atoms with E-state index in [2.05, 4.69) is 36.2 Å². The first-order valence-electron chi connectivity index (χ1n) is 11.8. The summed E-state index contributed by atoms with van der Waals surface area (Å²) in [6.45, 7) is 3.16. The Morgan fingerprint density at radius 3 is 2.31 bits per heavy atom. The normalized spacial score (nSPS) is 17.5. The van der Waals surface area contributed by atoms with E-state index in [1.54, 1.807) is 23.1 Å². The van der Waals surface area contributed by atoms with Gasteiger partial charge < -0.3 is 14.5 Å². The molecule has 9 nitrogen and oxygen atoms in total. The van der Waals surface area contributed by atoms with Crippen molar-refractivity contribution in [1.82, 2.24) is 30.1 Å². The van der Waals surface area contributed by atoms with Crippen LogP contribution in [-0.4, -0.2) is 87.4 Å². The van der Waals surface area contributed by atoms with Crippen molar-refractivity contribution in [3.8, 4) is 0 Å². The van der Waals surface area contributed by atoms with Crippen LogP contribution in [0, 0.1) is 11.6 Å². The molecule has 0 aliphatic carbocycles. The quantitative estimate of drug-likeness (QED) is 0.522. The van der Waals surface area contributed by atoms with Gasteiger partial charge in [0.1, 0.15) is 29.3 Å². The summed E-state index contributed by atoms with van der Waals surface area (Å²) in [6, 6.07) is 7.92. The summed E-state index contributed by atoms with van der Waals surface area (Å²) in [4.78, 5) is 31.1. The van der Waals surface area contributed by atoms with Gasteiger partial charge in [0.15, 0.2) is 0 Å². The summed E-state index contributed by atoms with van der Waals surface area (Å²) in [5.74, 6) is -1.53. The number of halogens is 3. The van der Waals surface area contributed by atoms with Crippen LogP contribution in [0.3, 0.4) is 0 Å². The van der Waals surface area contributed by atoms with Gasteiger partial charge in [-0.05, 0) is 43.2 Å². The standard InChI is InChI=1S/C24H25BrF2N6O3/c25-16-12-19(26)18(20(27)13-16)14-36-24(35)33-9-7-31(8-10-33)17-3-5-32(6-4-17)23(34)15-1-2-21-22(11-15)29-30-28-21/h1-2,11-13,17H,3-10,14H2,(H,28,29,30). The summed E-state index contributed by atoms with van der Waals surface area (Å²) >= 11 is 3.03. The number of piperazine rings is 1. The smallest absolute Gasteiger partial charge is 0.410 e. The third kappa shape index (κ3) is 5.19. The molecule has 2 aliphatic rings. The number of aromatic nitrogens is 3. The number of nitrogens with zero attached hydrogens (tertiary/aromatic N) is 5. The molecule has 1 aromatic heterocycles. The zero-order valence-electron chi connectivity index (χ0n) is 19.4. The van der Waals surface area contributed by atoms with Gasteiger partial charge >= 0.3 is 6.09 Å². The highest BCUT2D eigenvalue weighted by Crippen LogP contribution is 2.23. The van der Waals surface area contributed by atoms with Crippen molar-refractivity contribution in [2.45, 2.75) is 25.5 Å². The second kappa shape index (κ2) is 10.5. The number of carbonyl (C=O) groups excluding carboxylic acids is 2. The van der Waals surface area contributed by atoms with Crippen molar-refractivity contribution in [2.24, 2.45) is 0 Å². The van der Waals surface area contributed by atoms with E-state index >= 15 is 0 Å². The second-order valence-electron chi connectivity index (χ2n) is 8.98. The van der Waals surface area contributed by atoms with Gasteiger partial charge in [0.05, 0.1) is 5.56 Å². The number of benzene rings is 2. The van der Waals surface area contributed by atoms with Gasteiger partial charge in [-0.25, -0.2) is 13.6 Å². The van der Waals surface area contributed by atoms with Gasteiger partial charge in [-0.3, -0.25) is 9.69 Å². The van der Waals surface area contributed by atoms with Crippen LogP contribution in [0.2, 0.25) is 0 Å². The third-order valence-electron chi connectivity index (χ3n) is 6.85. The first kappa shape index (κ1) is 24.6. The lowest BCUT2D eigenvalue weighted by Gasteiger charge is -2.42. The van der Waals surface area contributed by atoms with Crippen LogP contribution in [0.5, 0.6) is 0 Å². The molecule has 2 fully saturated rings. The van der Waals surface area contributed by atoms with Crippen molar-refractivity contribution in [2.75, 3.05) is 39.3 Å². The lowest BCUT2D eigenvalue weighted by molar-refractivity contribution is 0.0389. The molecule has 2 saturated heterocycles. The van der Waals surface area contributed by atoms with Crippen molar-refractivity contribution in [3.63, 3.8) is 0 Å². The first-order chi connectivity index (χ1) is 17.4. The van der Waals surface area contributed by atoms with Crippen LogP contribution >= 0.6 is 15.9 Å². The van der Waals surface area contributed by atoms with Gasteiger partial charge in [0.25, 0.3) is 5.91 Å². The summed E-state index contributed by atoms with van der Waals surface area (Å²) < 4.78 is 33.4. The number of carbonyl (C=O) groups is 2. The Balaban J connectivity index is 1.08. The van der Waals surface area contributed by atoms with Gasteiger partial charge in [-0.15, -0.1) is 0 Å². The highest BCUT2D eigenvalue weighted by Gasteiger charge is 2.31. The Hall–Kier alpha value is -3.12. The molecular formula is C24H25BrF2N6O3. The van der Waals surface area contributed by atoms with E-state index in [4.69, 9.17) is 4.74 Å². The number of ether oxygens (including phenoxy) is 1. The SMILES string of the molecule is O=C(OCc1c(F)cc(Br)cc1F)N1CCN(C2CCN(C(=O)c3ccc4n[nH]nc4c3)CC2)CC1. The Kier molecular flexibility index (Phi) is 7.15. The molecule has 3 heterocycles. The number of nitrogens with one attached hydrogen (secondary N) is 1. The van der Waals surface area contributed by atoms with Crippen molar-refractivity contribution < 1.29 is 23.1 Å². The number of piperidine rings is 1. The maximum Gasteiger partial charge on any atom is 0.410 e. The monoisotopic (exact) mass is 562 g/mol. The fourth-order valence-corrected chi connectivity index (χ4v) is 5.20. The lowest BCUT2D eigenvalue weighted by Crippen LogP contribution is -2.54. The minimum Gasteiger partial charge on any atom is -0.444 e. The predicted molar refractivity (Wildman–Crippen MR) is 130 cm³/mol. The van der Waals surface area contributed by atoms with Crippen LogP contribution < -0.4 is 0 Å². The molecule has 12 heteroatoms. The van der Waals surface area contributed by atoms with Crippen LogP contribution in [0.4, 0.5) is 13.6 Å². The number of rotatable bonds is 4. The number of hydrogen-bond donors (Lipinski definition) is 1. The van der Waals surface area contributed by atoms with E-state index in [1.165, 1.54) is 0 Å². The number of hydrogen-bond acceptors (Lipinski definition) is 6. The number of aromatic amines is 1. The molecule has 0 atom stereocenters. The average Bonchev–Trinajstić information content (AvgIpc) is 3.36. The zero-order chi connectivity index (χ0) is 25.2. The van der Waals surface area contributed by atoms with Crippen LogP contribution in [-0.2, 0) is 11.3 Å². The fraction of sp³-hybridized carbons (Fsp3) is 0.417. The molecule has 1 N–H and O–H groups in total. The summed E-state index contributed by atoms with van der Waals surface area (Å²) in [7, 11) is 0. The fourth-order valence-electron chi connectivity index (χ4n) is 4.79. The van der Waals surface area contributed by atoms with Gasteiger partial charge in [-0.2, -0.15) is 15.4 Å². The minimum atomic E-state index is -0.761. The highest BCUT2D eigenvalue weighted by molar-refractivity contribution is 9.10. The number of amides is 2. The van der Waals surface area contributed by atoms with Gasteiger partial charge in [0.2, 0.25) is 0 Å². The topological polar surface area (TPSA) is 94.7 Å². The Labute approximate surface area is 214 Å². The lowest BCUT2D eigenvalue weighted by atomic mass is 10.0. The van der Waals surface area contributed by atoms with Crippen LogP contribution in [0.1, 0.15) is 28.8 Å². The van der Waals surface area contributed by atoms with E-state index in [0.29, 0.717) is 56.4 Å². The Morgan fingerprint density at radius 1 is 0.944 bits per heavy atom. The molecule has 0 spiro atoms.